The van der Waals surface area contributed by atoms with Crippen LogP contribution >= 0.6 is 7.82 Å². The van der Waals surface area contributed by atoms with Crippen LogP contribution in [0, 0.1) is 0 Å². The Bertz CT molecular complexity index is 1320. The van der Waals surface area contributed by atoms with Crippen LogP contribution in [0.5, 0.6) is 0 Å². The number of ether oxygens (including phenoxy) is 2. The van der Waals surface area contributed by atoms with Crippen LogP contribution in [0.2, 0.25) is 0 Å². The summed E-state index contributed by atoms with van der Waals surface area (Å²) in [6.07, 6.45) is 21.9. The molecule has 0 aromatic carbocycles. The van der Waals surface area contributed by atoms with Crippen molar-refractivity contribution in [1.29, 1.82) is 0 Å². The fourth-order valence-electron chi connectivity index (χ4n) is 6.81. The normalized spacial score (nSPS) is 23.1. The Kier molecular flexibility index (Phi) is 34.4. The molecule has 1 fully saturated rings. The largest absolute Gasteiger partial charge is 0.472 e. The van der Waals surface area contributed by atoms with E-state index in [1.165, 1.54) is 44.9 Å². The standard InChI is InChI=1S/C47H83O15P/c1-3-5-7-9-11-12-13-14-15-16-17-18-21-25-29-33-40(50)59-35-37(36-60-63(57,58)62-47-45(55)43(53)42(52)44(54)46(47)56)61-41(51)34-30-26-22-19-20-24-28-32-39(49)38(48)31-27-23-10-8-6-4-2/h14-15,19,22-24,27-28,37-39,42-49,52-56H,3-13,16-18,20-21,25-26,29-36H2,1-2H3,(H,57,58)/b15-14-,22-19-,27-23+,28-24-. The second-order valence-electron chi connectivity index (χ2n) is 16.6. The van der Waals surface area contributed by atoms with Crippen LogP contribution in [0.15, 0.2) is 48.6 Å². The Morgan fingerprint density at radius 2 is 0.968 bits per heavy atom. The maximum Gasteiger partial charge on any atom is 0.472 e. The van der Waals surface area contributed by atoms with Crippen molar-refractivity contribution < 1.29 is 73.3 Å². The van der Waals surface area contributed by atoms with Crippen molar-refractivity contribution in [3.8, 4) is 0 Å². The molecule has 0 amide bonds. The van der Waals surface area contributed by atoms with Gasteiger partial charge in [0.05, 0.1) is 18.8 Å². The molecule has 366 valence electrons. The summed E-state index contributed by atoms with van der Waals surface area (Å²) in [6.45, 7) is 3.08. The molecule has 1 aliphatic rings. The van der Waals surface area contributed by atoms with Crippen LogP contribution < -0.4 is 0 Å². The maximum atomic E-state index is 12.8. The van der Waals surface area contributed by atoms with Gasteiger partial charge in [0, 0.05) is 12.8 Å². The zero-order valence-corrected chi connectivity index (χ0v) is 39.0. The number of aliphatic hydroxyl groups excluding tert-OH is 7. The van der Waals surface area contributed by atoms with Gasteiger partial charge < -0.3 is 50.1 Å². The second-order valence-corrected chi connectivity index (χ2v) is 18.0. The molecule has 8 unspecified atom stereocenters. The molecule has 0 aliphatic heterocycles. The summed E-state index contributed by atoms with van der Waals surface area (Å²) in [4.78, 5) is 35.7. The first-order valence-corrected chi connectivity index (χ1v) is 25.1. The van der Waals surface area contributed by atoms with Crippen molar-refractivity contribution in [3.63, 3.8) is 0 Å². The molecule has 16 heteroatoms. The van der Waals surface area contributed by atoms with E-state index in [-0.39, 0.29) is 12.8 Å². The number of allylic oxidation sites excluding steroid dienone is 6. The molecule has 0 radical (unpaired) electrons. The molecule has 0 aromatic heterocycles. The lowest BCUT2D eigenvalue weighted by Gasteiger charge is -2.41. The Hall–Kier alpha value is -2.27. The van der Waals surface area contributed by atoms with Gasteiger partial charge in [0.2, 0.25) is 0 Å². The van der Waals surface area contributed by atoms with Gasteiger partial charge in [-0.05, 0) is 77.0 Å². The highest BCUT2D eigenvalue weighted by atomic mass is 31.2. The van der Waals surface area contributed by atoms with Crippen molar-refractivity contribution >= 4 is 19.8 Å². The Labute approximate surface area is 376 Å². The number of hydrogen-bond donors (Lipinski definition) is 8. The monoisotopic (exact) mass is 919 g/mol. The van der Waals surface area contributed by atoms with Gasteiger partial charge in [-0.1, -0.05) is 127 Å². The summed E-state index contributed by atoms with van der Waals surface area (Å²) >= 11 is 0. The smallest absolute Gasteiger partial charge is 0.462 e. The Morgan fingerprint density at radius 3 is 1.57 bits per heavy atom. The number of unbranched alkanes of at least 4 members (excludes halogenated alkanes) is 15. The lowest BCUT2D eigenvalue weighted by Crippen LogP contribution is -2.64. The van der Waals surface area contributed by atoms with Crippen molar-refractivity contribution in [2.75, 3.05) is 13.2 Å². The molecule has 1 saturated carbocycles. The summed E-state index contributed by atoms with van der Waals surface area (Å²) in [7, 11) is -5.17. The van der Waals surface area contributed by atoms with Gasteiger partial charge in [-0.15, -0.1) is 0 Å². The highest BCUT2D eigenvalue weighted by molar-refractivity contribution is 7.47. The number of aliphatic hydroxyl groups is 7. The van der Waals surface area contributed by atoms with Crippen LogP contribution in [0.25, 0.3) is 0 Å². The summed E-state index contributed by atoms with van der Waals surface area (Å²) in [5.74, 6) is -1.25. The predicted molar refractivity (Wildman–Crippen MR) is 242 cm³/mol. The molecule has 1 rings (SSSR count). The molecule has 15 nitrogen and oxygen atoms in total. The van der Waals surface area contributed by atoms with E-state index < -0.39 is 87.9 Å². The molecule has 0 saturated heterocycles. The van der Waals surface area contributed by atoms with Gasteiger partial charge in [-0.25, -0.2) is 4.57 Å². The van der Waals surface area contributed by atoms with Gasteiger partial charge in [-0.2, -0.15) is 0 Å². The number of phosphoric acid groups is 1. The molecule has 0 heterocycles. The third-order valence-electron chi connectivity index (χ3n) is 10.8. The SMILES string of the molecule is CCCCC/C=C/CC(O)C(O)C/C=C\C/C=C\CCCC(=O)OC(COC(=O)CCCCCCC/C=C\CCCCCCCC)COP(=O)(O)OC1C(O)C(O)C(O)C(O)C1O. The molecule has 8 N–H and O–H groups in total. The van der Waals surface area contributed by atoms with Crippen LogP contribution in [0.1, 0.15) is 168 Å². The summed E-state index contributed by atoms with van der Waals surface area (Å²) in [6, 6.07) is 0. The Balaban J connectivity index is 2.55. The number of hydrogen-bond acceptors (Lipinski definition) is 14. The zero-order valence-electron chi connectivity index (χ0n) is 38.1. The average molecular weight is 919 g/mol. The van der Waals surface area contributed by atoms with E-state index in [9.17, 15) is 54.8 Å². The molecule has 8 atom stereocenters. The van der Waals surface area contributed by atoms with Gasteiger partial charge in [0.25, 0.3) is 0 Å². The van der Waals surface area contributed by atoms with Crippen LogP contribution in [0.4, 0.5) is 0 Å². The van der Waals surface area contributed by atoms with Gasteiger partial charge in [-0.3, -0.25) is 18.6 Å². The molecule has 0 spiro atoms. The lowest BCUT2D eigenvalue weighted by molar-refractivity contribution is -0.220. The van der Waals surface area contributed by atoms with Gasteiger partial charge in [0.15, 0.2) is 6.10 Å². The number of phosphoric ester groups is 1. The van der Waals surface area contributed by atoms with E-state index in [1.54, 1.807) is 6.08 Å². The van der Waals surface area contributed by atoms with Crippen LogP contribution in [0.3, 0.4) is 0 Å². The van der Waals surface area contributed by atoms with Crippen LogP contribution in [-0.4, -0.2) is 121 Å². The quantitative estimate of drug-likeness (QED) is 0.0133. The van der Waals surface area contributed by atoms with E-state index in [4.69, 9.17) is 18.5 Å². The van der Waals surface area contributed by atoms with Crippen LogP contribution in [-0.2, 0) is 32.7 Å². The Morgan fingerprint density at radius 1 is 0.540 bits per heavy atom. The van der Waals surface area contributed by atoms with E-state index >= 15 is 0 Å². The van der Waals surface area contributed by atoms with E-state index in [2.05, 4.69) is 26.0 Å². The first-order valence-electron chi connectivity index (χ1n) is 23.6. The highest BCUT2D eigenvalue weighted by Crippen LogP contribution is 2.47. The van der Waals surface area contributed by atoms with Gasteiger partial charge in [0.1, 0.15) is 43.2 Å². The summed E-state index contributed by atoms with van der Waals surface area (Å²) in [5, 5.41) is 70.5. The number of carbonyl (C=O) groups excluding carboxylic acids is 2. The molecular formula is C47H83O15P. The molecular weight excluding hydrogens is 835 g/mol. The third-order valence-corrected chi connectivity index (χ3v) is 11.8. The molecule has 0 aromatic rings. The van der Waals surface area contributed by atoms with Gasteiger partial charge >= 0.3 is 19.8 Å². The molecule has 63 heavy (non-hydrogen) atoms. The van der Waals surface area contributed by atoms with E-state index in [0.29, 0.717) is 38.5 Å². The first-order chi connectivity index (χ1) is 30.2. The number of carbonyl (C=O) groups is 2. The fraction of sp³-hybridized carbons (Fsp3) is 0.787. The summed E-state index contributed by atoms with van der Waals surface area (Å²) < 4.78 is 33.4. The van der Waals surface area contributed by atoms with E-state index in [1.807, 2.05) is 30.4 Å². The van der Waals surface area contributed by atoms with Crippen molar-refractivity contribution in [2.45, 2.75) is 223 Å². The number of rotatable bonds is 38. The molecule has 0 bridgehead atoms. The lowest BCUT2D eigenvalue weighted by atomic mass is 9.85. The zero-order chi connectivity index (χ0) is 46.7. The van der Waals surface area contributed by atoms with Crippen molar-refractivity contribution in [1.82, 2.24) is 0 Å². The minimum Gasteiger partial charge on any atom is -0.462 e. The summed E-state index contributed by atoms with van der Waals surface area (Å²) in [5.41, 5.74) is 0. The minimum absolute atomic E-state index is 0.0392. The van der Waals surface area contributed by atoms with E-state index in [0.717, 1.165) is 57.8 Å². The average Bonchev–Trinajstić information content (AvgIpc) is 3.26. The second kappa shape index (κ2) is 36.9. The first kappa shape index (κ1) is 58.7. The highest BCUT2D eigenvalue weighted by Gasteiger charge is 2.51. The topological polar surface area (TPSA) is 250 Å². The molecule has 1 aliphatic carbocycles. The minimum atomic E-state index is -5.17. The van der Waals surface area contributed by atoms with Crippen molar-refractivity contribution in [3.05, 3.63) is 48.6 Å². The van der Waals surface area contributed by atoms with Crippen molar-refractivity contribution in [2.24, 2.45) is 0 Å². The third kappa shape index (κ3) is 29.1. The maximum absolute atomic E-state index is 12.8. The number of esters is 2. The fourth-order valence-corrected chi connectivity index (χ4v) is 7.78. The predicted octanol–water partition coefficient (Wildman–Crippen LogP) is 7.11.